The van der Waals surface area contributed by atoms with E-state index in [1.54, 1.807) is 17.6 Å². The standard InChI is InChI=1S/C18H17N5O4S/c24-14-4-3-13(15(25)21-14)23-9-11-2-1-10(7-12(11)16(23)26)8-20-17(27)22-18-19-5-6-28-18/h1-2,5-7,13H,3-4,8-9H2,(H,21,24,25)(H2,19,20,22,27). The molecule has 2 aliphatic heterocycles. The highest BCUT2D eigenvalue weighted by atomic mass is 32.1. The fourth-order valence-corrected chi connectivity index (χ4v) is 3.84. The highest BCUT2D eigenvalue weighted by Crippen LogP contribution is 2.28. The lowest BCUT2D eigenvalue weighted by Crippen LogP contribution is -2.52. The third-order valence-electron chi connectivity index (χ3n) is 4.70. The number of amides is 5. The third kappa shape index (κ3) is 3.58. The zero-order valence-electron chi connectivity index (χ0n) is 14.7. The van der Waals surface area contributed by atoms with E-state index in [9.17, 15) is 19.2 Å². The average Bonchev–Trinajstić information content (AvgIpc) is 3.28. The van der Waals surface area contributed by atoms with Crippen LogP contribution in [0, 0.1) is 0 Å². The number of piperidine rings is 1. The lowest BCUT2D eigenvalue weighted by Gasteiger charge is -2.29. The van der Waals surface area contributed by atoms with Gasteiger partial charge in [-0.15, -0.1) is 11.3 Å². The molecule has 0 spiro atoms. The minimum Gasteiger partial charge on any atom is -0.334 e. The van der Waals surface area contributed by atoms with Crippen LogP contribution in [-0.2, 0) is 22.7 Å². The van der Waals surface area contributed by atoms with Crippen molar-refractivity contribution in [2.45, 2.75) is 32.0 Å². The number of hydrogen-bond acceptors (Lipinski definition) is 6. The minimum absolute atomic E-state index is 0.222. The summed E-state index contributed by atoms with van der Waals surface area (Å²) in [4.78, 5) is 53.6. The largest absolute Gasteiger partial charge is 0.334 e. The van der Waals surface area contributed by atoms with Crippen molar-refractivity contribution < 1.29 is 19.2 Å². The molecule has 0 radical (unpaired) electrons. The summed E-state index contributed by atoms with van der Waals surface area (Å²) in [5.74, 6) is -0.980. The Labute approximate surface area is 164 Å². The predicted molar refractivity (Wildman–Crippen MR) is 100 cm³/mol. The van der Waals surface area contributed by atoms with Gasteiger partial charge in [-0.2, -0.15) is 0 Å². The number of carbonyl (C=O) groups excluding carboxylic acids is 4. The quantitative estimate of drug-likeness (QED) is 0.668. The van der Waals surface area contributed by atoms with Crippen molar-refractivity contribution in [2.24, 2.45) is 0 Å². The van der Waals surface area contributed by atoms with Crippen LogP contribution >= 0.6 is 11.3 Å². The first-order chi connectivity index (χ1) is 13.5. The summed E-state index contributed by atoms with van der Waals surface area (Å²) < 4.78 is 0. The SMILES string of the molecule is O=C1CCC(N2Cc3ccc(CNC(=O)Nc4nccs4)cc3C2=O)C(=O)N1. The van der Waals surface area contributed by atoms with Gasteiger partial charge in [0.1, 0.15) is 6.04 Å². The van der Waals surface area contributed by atoms with Crippen molar-refractivity contribution in [2.75, 3.05) is 5.32 Å². The maximum atomic E-state index is 12.8. The minimum atomic E-state index is -0.636. The second-order valence-corrected chi connectivity index (χ2v) is 7.43. The second kappa shape index (κ2) is 7.39. The molecule has 10 heteroatoms. The van der Waals surface area contributed by atoms with Crippen molar-refractivity contribution in [1.82, 2.24) is 20.5 Å². The monoisotopic (exact) mass is 399 g/mol. The van der Waals surface area contributed by atoms with Crippen molar-refractivity contribution in [3.63, 3.8) is 0 Å². The normalized spacial score (nSPS) is 18.6. The van der Waals surface area contributed by atoms with Gasteiger partial charge in [-0.25, -0.2) is 9.78 Å². The summed E-state index contributed by atoms with van der Waals surface area (Å²) >= 11 is 1.32. The van der Waals surface area contributed by atoms with E-state index in [0.29, 0.717) is 23.7 Å². The molecular formula is C18H17N5O4S. The number of urea groups is 1. The smallest absolute Gasteiger partial charge is 0.321 e. The van der Waals surface area contributed by atoms with Crippen molar-refractivity contribution in [3.05, 3.63) is 46.5 Å². The van der Waals surface area contributed by atoms with Crippen molar-refractivity contribution >= 4 is 40.2 Å². The molecule has 3 N–H and O–H groups in total. The van der Waals surface area contributed by atoms with E-state index in [0.717, 1.165) is 11.1 Å². The van der Waals surface area contributed by atoms with E-state index in [1.165, 1.54) is 16.2 Å². The fourth-order valence-electron chi connectivity index (χ4n) is 3.32. The van der Waals surface area contributed by atoms with Gasteiger partial charge in [0.05, 0.1) is 0 Å². The number of rotatable bonds is 4. The number of nitrogens with zero attached hydrogens (tertiary/aromatic N) is 2. The van der Waals surface area contributed by atoms with Crippen molar-refractivity contribution in [3.8, 4) is 0 Å². The summed E-state index contributed by atoms with van der Waals surface area (Å²) in [5.41, 5.74) is 2.11. The highest BCUT2D eigenvalue weighted by molar-refractivity contribution is 7.13. The Morgan fingerprint density at radius 3 is 2.93 bits per heavy atom. The first-order valence-corrected chi connectivity index (χ1v) is 9.60. The predicted octanol–water partition coefficient (Wildman–Crippen LogP) is 1.23. The van der Waals surface area contributed by atoms with E-state index in [2.05, 4.69) is 20.9 Å². The fraction of sp³-hybridized carbons (Fsp3) is 0.278. The number of anilines is 1. The van der Waals surface area contributed by atoms with Gasteiger partial charge in [0.25, 0.3) is 5.91 Å². The number of aromatic nitrogens is 1. The molecule has 1 aromatic heterocycles. The number of benzene rings is 1. The van der Waals surface area contributed by atoms with Gasteiger partial charge >= 0.3 is 6.03 Å². The number of imide groups is 1. The molecule has 1 aromatic carbocycles. The topological polar surface area (TPSA) is 120 Å². The molecule has 2 aliphatic rings. The van der Waals surface area contributed by atoms with E-state index >= 15 is 0 Å². The second-order valence-electron chi connectivity index (χ2n) is 6.54. The Kier molecular flexibility index (Phi) is 4.78. The summed E-state index contributed by atoms with van der Waals surface area (Å²) in [6, 6.07) is 4.38. The first-order valence-electron chi connectivity index (χ1n) is 8.72. The number of fused-ring (bicyclic) bond motifs is 1. The Balaban J connectivity index is 1.40. The van der Waals surface area contributed by atoms with Gasteiger partial charge < -0.3 is 10.2 Å². The third-order valence-corrected chi connectivity index (χ3v) is 5.39. The molecule has 4 rings (SSSR count). The summed E-state index contributed by atoms with van der Waals surface area (Å²) in [6.07, 6.45) is 2.15. The number of carbonyl (C=O) groups is 4. The van der Waals surface area contributed by atoms with E-state index in [4.69, 9.17) is 0 Å². The Morgan fingerprint density at radius 1 is 1.32 bits per heavy atom. The molecule has 1 fully saturated rings. The lowest BCUT2D eigenvalue weighted by atomic mass is 10.0. The molecule has 0 saturated carbocycles. The number of thiazole rings is 1. The van der Waals surface area contributed by atoms with Crippen LogP contribution in [0.2, 0.25) is 0 Å². The Bertz CT molecular complexity index is 959. The highest BCUT2D eigenvalue weighted by Gasteiger charge is 2.39. The van der Waals surface area contributed by atoms with Gasteiger partial charge in [0, 0.05) is 36.7 Å². The molecule has 5 amide bonds. The molecule has 28 heavy (non-hydrogen) atoms. The van der Waals surface area contributed by atoms with Crippen LogP contribution in [0.25, 0.3) is 0 Å². The van der Waals surface area contributed by atoms with Gasteiger partial charge in [0.2, 0.25) is 11.8 Å². The average molecular weight is 399 g/mol. The Hall–Kier alpha value is -3.27. The molecular weight excluding hydrogens is 382 g/mol. The molecule has 0 bridgehead atoms. The molecule has 2 aromatic rings. The molecule has 1 saturated heterocycles. The van der Waals surface area contributed by atoms with Gasteiger partial charge in [-0.1, -0.05) is 12.1 Å². The van der Waals surface area contributed by atoms with Crippen LogP contribution < -0.4 is 16.0 Å². The first kappa shape index (κ1) is 18.1. The molecule has 9 nitrogen and oxygen atoms in total. The Morgan fingerprint density at radius 2 is 2.18 bits per heavy atom. The van der Waals surface area contributed by atoms with Crippen molar-refractivity contribution in [1.29, 1.82) is 0 Å². The van der Waals surface area contributed by atoms with E-state index in [1.807, 2.05) is 12.1 Å². The molecule has 0 aliphatic carbocycles. The molecule has 1 unspecified atom stereocenters. The maximum absolute atomic E-state index is 12.8. The van der Waals surface area contributed by atoms with Gasteiger partial charge in [0.15, 0.2) is 5.13 Å². The molecule has 1 atom stereocenters. The van der Waals surface area contributed by atoms with Crippen LogP contribution in [0.15, 0.2) is 29.8 Å². The van der Waals surface area contributed by atoms with E-state index < -0.39 is 11.9 Å². The summed E-state index contributed by atoms with van der Waals surface area (Å²) in [6.45, 7) is 0.578. The lowest BCUT2D eigenvalue weighted by molar-refractivity contribution is -0.136. The number of hydrogen-bond donors (Lipinski definition) is 3. The van der Waals surface area contributed by atoms with Crippen LogP contribution in [0.3, 0.4) is 0 Å². The zero-order valence-corrected chi connectivity index (χ0v) is 15.5. The zero-order chi connectivity index (χ0) is 19.7. The molecule has 144 valence electrons. The van der Waals surface area contributed by atoms with Crippen LogP contribution in [0.1, 0.15) is 34.3 Å². The summed E-state index contributed by atoms with van der Waals surface area (Å²) in [5, 5.41) is 9.89. The number of nitrogens with one attached hydrogen (secondary N) is 3. The van der Waals surface area contributed by atoms with Crippen LogP contribution in [0.4, 0.5) is 9.93 Å². The van der Waals surface area contributed by atoms with Crippen LogP contribution in [0.5, 0.6) is 0 Å². The van der Waals surface area contributed by atoms with Gasteiger partial charge in [-0.05, 0) is 23.6 Å². The van der Waals surface area contributed by atoms with Gasteiger partial charge in [-0.3, -0.25) is 25.0 Å². The van der Waals surface area contributed by atoms with E-state index in [-0.39, 0.29) is 30.8 Å². The maximum Gasteiger partial charge on any atom is 0.321 e. The van der Waals surface area contributed by atoms with Crippen LogP contribution in [-0.4, -0.2) is 39.7 Å². The molecule has 3 heterocycles. The summed E-state index contributed by atoms with van der Waals surface area (Å²) in [7, 11) is 0.